The summed E-state index contributed by atoms with van der Waals surface area (Å²) in [6.45, 7) is 2.17. The summed E-state index contributed by atoms with van der Waals surface area (Å²) >= 11 is 0. The number of nitrogens with zero attached hydrogens (tertiary/aromatic N) is 1. The Balaban J connectivity index is 1.72. The van der Waals surface area contributed by atoms with Gasteiger partial charge in [0.05, 0.1) is 30.1 Å². The average Bonchev–Trinajstić information content (AvgIpc) is 3.11. The Hall–Kier alpha value is -3.79. The lowest BCUT2D eigenvalue weighted by atomic mass is 9.92. The number of hydrogen-bond donors (Lipinski definition) is 1. The van der Waals surface area contributed by atoms with Gasteiger partial charge in [-0.15, -0.1) is 0 Å². The number of aromatic amines is 1. The fourth-order valence-corrected chi connectivity index (χ4v) is 3.57. The monoisotopic (exact) mass is 390 g/mol. The van der Waals surface area contributed by atoms with Crippen molar-refractivity contribution >= 4 is 22.6 Å². The number of esters is 1. The lowest BCUT2D eigenvalue weighted by Gasteiger charge is -2.24. The van der Waals surface area contributed by atoms with Crippen molar-refractivity contribution in [2.45, 2.75) is 19.3 Å². The number of aryl methyl sites for hydroxylation is 1. The average molecular weight is 390 g/mol. The topological polar surface area (TPSA) is 94.5 Å². The molecule has 2 heterocycles. The highest BCUT2D eigenvalue weighted by atomic mass is 16.6. The van der Waals surface area contributed by atoms with Crippen molar-refractivity contribution in [1.29, 1.82) is 0 Å². The third kappa shape index (κ3) is 3.41. The number of carbonyl (C=O) groups excluding carboxylic acids is 1. The Morgan fingerprint density at radius 1 is 1.31 bits per heavy atom. The molecule has 146 valence electrons. The smallest absolute Gasteiger partial charge is 0.313 e. The number of ether oxygens (including phenoxy) is 2. The van der Waals surface area contributed by atoms with E-state index in [-0.39, 0.29) is 17.6 Å². The van der Waals surface area contributed by atoms with E-state index < -0.39 is 4.92 Å². The maximum atomic E-state index is 12.1. The molecular weight excluding hydrogens is 372 g/mol. The second kappa shape index (κ2) is 7.32. The number of carbonyl (C=O) groups is 1. The molecule has 0 amide bonds. The number of nitro groups is 1. The Morgan fingerprint density at radius 3 is 2.90 bits per heavy atom. The highest BCUT2D eigenvalue weighted by Crippen LogP contribution is 2.35. The quantitative estimate of drug-likeness (QED) is 0.311. The molecule has 1 atom stereocenters. The summed E-state index contributed by atoms with van der Waals surface area (Å²) in [6, 6.07) is 8.75. The standard InChI is InChI=1S/C22H18N2O5/c1-13-9-19-17(11-20(13)24(26)27)15(12-23-19)5-3-14-4-6-21-18(10-14)16(7-8-29-21)22(25)28-2/h4,6,9-12,16,23H,7-8H2,1-2H3. The first-order chi connectivity index (χ1) is 14.0. The number of nitrogens with one attached hydrogen (secondary N) is 1. The number of methoxy groups -OCH3 is 1. The number of rotatable bonds is 2. The van der Waals surface area contributed by atoms with Gasteiger partial charge in [-0.1, -0.05) is 11.8 Å². The molecule has 7 heteroatoms. The van der Waals surface area contributed by atoms with E-state index in [1.807, 2.05) is 12.1 Å². The van der Waals surface area contributed by atoms with Gasteiger partial charge in [-0.3, -0.25) is 14.9 Å². The molecule has 0 aliphatic carbocycles. The molecule has 0 radical (unpaired) electrons. The predicted molar refractivity (Wildman–Crippen MR) is 107 cm³/mol. The number of fused-ring (bicyclic) bond motifs is 2. The molecule has 0 saturated heterocycles. The van der Waals surface area contributed by atoms with Crippen LogP contribution < -0.4 is 4.74 Å². The van der Waals surface area contributed by atoms with Gasteiger partial charge in [-0.2, -0.15) is 0 Å². The highest BCUT2D eigenvalue weighted by Gasteiger charge is 2.28. The molecule has 29 heavy (non-hydrogen) atoms. The summed E-state index contributed by atoms with van der Waals surface area (Å²) in [5, 5.41) is 11.9. The molecule has 3 aromatic rings. The summed E-state index contributed by atoms with van der Waals surface area (Å²) in [7, 11) is 1.37. The van der Waals surface area contributed by atoms with Crippen molar-refractivity contribution in [3.05, 3.63) is 68.9 Å². The molecular formula is C22H18N2O5. The molecule has 0 fully saturated rings. The van der Waals surface area contributed by atoms with Gasteiger partial charge < -0.3 is 14.5 Å². The van der Waals surface area contributed by atoms with Crippen LogP contribution in [0.5, 0.6) is 5.75 Å². The van der Waals surface area contributed by atoms with Crippen LogP contribution in [0, 0.1) is 28.9 Å². The molecule has 1 aromatic heterocycles. The van der Waals surface area contributed by atoms with Gasteiger partial charge in [-0.05, 0) is 37.6 Å². The van der Waals surface area contributed by atoms with Crippen LogP contribution in [0.2, 0.25) is 0 Å². The minimum absolute atomic E-state index is 0.0620. The van der Waals surface area contributed by atoms with Gasteiger partial charge in [0.1, 0.15) is 5.75 Å². The molecule has 1 aliphatic rings. The molecule has 7 nitrogen and oxygen atoms in total. The Bertz CT molecular complexity index is 1200. The molecule has 0 saturated carbocycles. The van der Waals surface area contributed by atoms with Crippen molar-refractivity contribution in [2.24, 2.45) is 0 Å². The number of aromatic nitrogens is 1. The fourth-order valence-electron chi connectivity index (χ4n) is 3.57. The number of H-pyrrole nitrogens is 1. The van der Waals surface area contributed by atoms with E-state index >= 15 is 0 Å². The molecule has 2 aromatic carbocycles. The first-order valence-electron chi connectivity index (χ1n) is 9.10. The van der Waals surface area contributed by atoms with E-state index in [9.17, 15) is 14.9 Å². The van der Waals surface area contributed by atoms with Gasteiger partial charge in [0.2, 0.25) is 0 Å². The lowest BCUT2D eigenvalue weighted by Crippen LogP contribution is -2.22. The maximum absolute atomic E-state index is 12.1. The molecule has 4 rings (SSSR count). The van der Waals surface area contributed by atoms with E-state index in [0.717, 1.165) is 16.6 Å². The second-order valence-corrected chi connectivity index (χ2v) is 6.86. The van der Waals surface area contributed by atoms with Crippen LogP contribution >= 0.6 is 0 Å². The molecule has 0 bridgehead atoms. The summed E-state index contributed by atoms with van der Waals surface area (Å²) in [6.07, 6.45) is 2.29. The van der Waals surface area contributed by atoms with Gasteiger partial charge >= 0.3 is 5.97 Å². The van der Waals surface area contributed by atoms with Crippen molar-refractivity contribution < 1.29 is 19.2 Å². The van der Waals surface area contributed by atoms with Crippen LogP contribution in [0.4, 0.5) is 5.69 Å². The number of hydrogen-bond acceptors (Lipinski definition) is 5. The third-order valence-corrected chi connectivity index (χ3v) is 5.07. The predicted octanol–water partition coefficient (Wildman–Crippen LogP) is 3.82. The second-order valence-electron chi connectivity index (χ2n) is 6.86. The Morgan fingerprint density at radius 2 is 2.14 bits per heavy atom. The maximum Gasteiger partial charge on any atom is 0.313 e. The zero-order chi connectivity index (χ0) is 20.5. The largest absolute Gasteiger partial charge is 0.493 e. The van der Waals surface area contributed by atoms with E-state index in [4.69, 9.17) is 9.47 Å². The summed E-state index contributed by atoms with van der Waals surface area (Å²) in [5.74, 6) is 6.15. The summed E-state index contributed by atoms with van der Waals surface area (Å²) in [4.78, 5) is 26.0. The molecule has 1 aliphatic heterocycles. The van der Waals surface area contributed by atoms with Crippen LogP contribution in [0.1, 0.15) is 34.6 Å². The first kappa shape index (κ1) is 18.6. The van der Waals surface area contributed by atoms with Gasteiger partial charge in [0.15, 0.2) is 0 Å². The van der Waals surface area contributed by atoms with Crippen molar-refractivity contribution in [3.63, 3.8) is 0 Å². The first-order valence-corrected chi connectivity index (χ1v) is 9.10. The van der Waals surface area contributed by atoms with Crippen LogP contribution in [0.25, 0.3) is 10.9 Å². The Labute approximate surface area is 166 Å². The zero-order valence-electron chi connectivity index (χ0n) is 15.9. The number of nitro benzene ring substituents is 1. The molecule has 1 N–H and O–H groups in total. The number of benzene rings is 2. The van der Waals surface area contributed by atoms with E-state index in [2.05, 4.69) is 16.8 Å². The van der Waals surface area contributed by atoms with Gasteiger partial charge in [0, 0.05) is 39.9 Å². The Kier molecular flexibility index (Phi) is 4.69. The minimum Gasteiger partial charge on any atom is -0.493 e. The molecule has 1 unspecified atom stereocenters. The summed E-state index contributed by atoms with van der Waals surface area (Å²) in [5.41, 5.74) is 3.60. The minimum atomic E-state index is -0.393. The highest BCUT2D eigenvalue weighted by molar-refractivity contribution is 5.89. The lowest BCUT2D eigenvalue weighted by molar-refractivity contribution is -0.385. The van der Waals surface area contributed by atoms with Crippen LogP contribution in [-0.4, -0.2) is 29.6 Å². The zero-order valence-corrected chi connectivity index (χ0v) is 15.9. The van der Waals surface area contributed by atoms with Crippen LogP contribution in [-0.2, 0) is 9.53 Å². The van der Waals surface area contributed by atoms with Crippen molar-refractivity contribution in [3.8, 4) is 17.6 Å². The van der Waals surface area contributed by atoms with Crippen LogP contribution in [0.15, 0.2) is 36.5 Å². The molecule has 0 spiro atoms. The van der Waals surface area contributed by atoms with Crippen molar-refractivity contribution in [2.75, 3.05) is 13.7 Å². The van der Waals surface area contributed by atoms with Gasteiger partial charge in [-0.25, -0.2) is 0 Å². The van der Waals surface area contributed by atoms with E-state index in [1.165, 1.54) is 7.11 Å². The van der Waals surface area contributed by atoms with Crippen LogP contribution in [0.3, 0.4) is 0 Å². The van der Waals surface area contributed by atoms with Crippen molar-refractivity contribution in [1.82, 2.24) is 4.98 Å². The van der Waals surface area contributed by atoms with E-state index in [0.29, 0.717) is 35.3 Å². The SMILES string of the molecule is COC(=O)C1CCOc2ccc(C#Cc3c[nH]c4cc(C)c([N+](=O)[O-])cc34)cc21. The summed E-state index contributed by atoms with van der Waals surface area (Å²) < 4.78 is 10.5. The fraction of sp³-hybridized carbons (Fsp3) is 0.227. The van der Waals surface area contributed by atoms with E-state index in [1.54, 1.807) is 31.3 Å². The normalized spacial score (nSPS) is 15.0. The third-order valence-electron chi connectivity index (χ3n) is 5.07. The van der Waals surface area contributed by atoms with Gasteiger partial charge in [0.25, 0.3) is 5.69 Å².